The first-order chi connectivity index (χ1) is 35.7. The van der Waals surface area contributed by atoms with Crippen LogP contribution in [0, 0.1) is 27.9 Å². The first kappa shape index (κ1) is 50.6. The minimum Gasteiger partial charge on any atom is -0.459 e. The van der Waals surface area contributed by atoms with Gasteiger partial charge in [0.2, 0.25) is 11.7 Å². The van der Waals surface area contributed by atoms with E-state index in [1.54, 1.807) is 24.3 Å². The number of nitro groups is 1. The molecule has 0 saturated heterocycles. The van der Waals surface area contributed by atoms with Gasteiger partial charge >= 0.3 is 0 Å². The van der Waals surface area contributed by atoms with Crippen molar-refractivity contribution in [2.24, 2.45) is 22.9 Å². The highest BCUT2D eigenvalue weighted by molar-refractivity contribution is 6.03. The number of hydrogen-bond donors (Lipinski definition) is 2. The van der Waals surface area contributed by atoms with E-state index in [9.17, 15) is 20.3 Å². The maximum atomic E-state index is 15.4. The van der Waals surface area contributed by atoms with E-state index >= 15 is 4.79 Å². The molecule has 12 heteroatoms. The van der Waals surface area contributed by atoms with Crippen LogP contribution in [0.4, 0.5) is 5.69 Å². The van der Waals surface area contributed by atoms with Crippen molar-refractivity contribution < 1.29 is 39.0 Å². The van der Waals surface area contributed by atoms with Crippen LogP contribution in [0.15, 0.2) is 175 Å². The van der Waals surface area contributed by atoms with Crippen LogP contribution in [0.2, 0.25) is 0 Å². The molecule has 6 atom stereocenters. The maximum Gasteiger partial charge on any atom is 0.269 e. The lowest BCUT2D eigenvalue weighted by Gasteiger charge is -2.60. The van der Waals surface area contributed by atoms with Gasteiger partial charge in [-0.2, -0.15) is 0 Å². The molecule has 1 aliphatic heterocycles. The summed E-state index contributed by atoms with van der Waals surface area (Å²) in [5.41, 5.74) is 6.23. The quantitative estimate of drug-likeness (QED) is 0.0222. The number of amides is 1. The summed E-state index contributed by atoms with van der Waals surface area (Å²) in [6.45, 7) is 6.74. The second-order valence-corrected chi connectivity index (χ2v) is 19.0. The highest BCUT2D eigenvalue weighted by Crippen LogP contribution is 2.62. The Morgan fingerprint density at radius 3 is 2.32 bits per heavy atom. The lowest BCUT2D eigenvalue weighted by Crippen LogP contribution is -2.70. The second kappa shape index (κ2) is 23.4. The largest absolute Gasteiger partial charge is 0.459 e. The van der Waals surface area contributed by atoms with Crippen LogP contribution in [-0.2, 0) is 20.9 Å². The molecule has 1 heterocycles. The number of carbonyl (C=O) groups is 1. The fourth-order valence-electron chi connectivity index (χ4n) is 11.3. The van der Waals surface area contributed by atoms with Gasteiger partial charge in [-0.25, -0.2) is 0 Å². The number of hydrogen-bond acceptors (Lipinski definition) is 10. The van der Waals surface area contributed by atoms with Crippen molar-refractivity contribution in [1.29, 1.82) is 0 Å². The molecule has 2 N–H and O–H groups in total. The van der Waals surface area contributed by atoms with E-state index < -0.39 is 22.7 Å². The molecule has 0 spiro atoms. The molecule has 9 rings (SSSR count). The zero-order valence-electron chi connectivity index (χ0n) is 41.3. The highest BCUT2D eigenvalue weighted by atomic mass is 16.7. The molecule has 0 aromatic heterocycles. The van der Waals surface area contributed by atoms with Crippen LogP contribution >= 0.6 is 0 Å². The first-order valence-electron chi connectivity index (χ1n) is 25.5. The molecule has 0 radical (unpaired) electrons. The second-order valence-electron chi connectivity index (χ2n) is 19.0. The summed E-state index contributed by atoms with van der Waals surface area (Å²) in [5, 5.41) is 38.6. The van der Waals surface area contributed by atoms with Gasteiger partial charge in [-0.1, -0.05) is 115 Å². The third-order valence-electron chi connectivity index (χ3n) is 14.5. The molecule has 2 aliphatic carbocycles. The number of unbranched alkanes of at least 4 members (excludes halogenated alkanes) is 2. The van der Waals surface area contributed by atoms with Gasteiger partial charge in [0.05, 0.1) is 23.2 Å². The van der Waals surface area contributed by atoms with Crippen molar-refractivity contribution in [3.63, 3.8) is 0 Å². The first-order valence-corrected chi connectivity index (χ1v) is 25.5. The topological polar surface area (TPSA) is 153 Å². The Labute approximate surface area is 427 Å². The van der Waals surface area contributed by atoms with Crippen molar-refractivity contribution >= 4 is 34.2 Å². The van der Waals surface area contributed by atoms with Crippen LogP contribution in [-0.4, -0.2) is 69.9 Å². The number of benzene rings is 6. The van der Waals surface area contributed by atoms with Crippen LogP contribution in [0.25, 0.3) is 28.0 Å². The summed E-state index contributed by atoms with van der Waals surface area (Å²) in [7, 11) is 0. The van der Waals surface area contributed by atoms with Crippen molar-refractivity contribution in [3.05, 3.63) is 197 Å². The Bertz CT molecular complexity index is 2970. The van der Waals surface area contributed by atoms with Crippen molar-refractivity contribution in [3.8, 4) is 28.4 Å². The fraction of sp³-hybridized carbons (Fsp3) is 0.311. The third-order valence-corrected chi connectivity index (χ3v) is 14.5. The minimum absolute atomic E-state index is 0.00472. The Hall–Kier alpha value is -7.38. The standard InChI is InChI=1S/C61H63N3O9/c1-3-37-70-61-57(63(41-47-20-14-19-45-17-8-9-21-51(45)47)58(67)34-25-42-23-28-48(29-24-42)64(68)69)40-55(62-71-4-2)53-38-46(18-10-12-35-65)52(22-11-13-36-66)59(60(53)61)54-39-50(32-33-56(54)73-61)72-49-30-26-44(27-31-49)43-15-6-5-7-16-43/h3,5-9,14-17,19-21,23-34,38-39,46,52,57,59-60,65-66H,1,4,10-13,18,22,35-37,40-41H2,2H3/t46-,52+,57-,59+,60+,61+/m0/s1. The number of allylic oxidation sites excluding steroid dienone is 1. The SMILES string of the molecule is C=CCO[C@@]12Oc3ccc(Oc4ccc(-c5ccccc5)cc4)cc3[C@H]3[C@H](CCCCO)[C@@H](CCCCO)C=C(C(=NOCC)C[C@@H]1N(Cc1cccc4ccccc14)C(=O)C=Cc1ccc([N+](=O)[O-])cc1)[C@H]32. The van der Waals surface area contributed by atoms with Crippen molar-refractivity contribution in [1.82, 2.24) is 4.90 Å². The molecule has 6 aromatic rings. The fourth-order valence-corrected chi connectivity index (χ4v) is 11.3. The van der Waals surface area contributed by atoms with Gasteiger partial charge in [-0.15, -0.1) is 6.58 Å². The molecule has 1 saturated carbocycles. The normalized spacial score (nSPS) is 21.4. The summed E-state index contributed by atoms with van der Waals surface area (Å²) in [6.07, 6.45) is 11.9. The smallest absolute Gasteiger partial charge is 0.269 e. The molecule has 3 aliphatic rings. The van der Waals surface area contributed by atoms with Gasteiger partial charge in [0.25, 0.3) is 5.69 Å². The predicted molar refractivity (Wildman–Crippen MR) is 285 cm³/mol. The molecule has 0 bridgehead atoms. The predicted octanol–water partition coefficient (Wildman–Crippen LogP) is 12.6. The summed E-state index contributed by atoms with van der Waals surface area (Å²) in [5.74, 6) is -0.671. The maximum absolute atomic E-state index is 15.4. The van der Waals surface area contributed by atoms with Crippen molar-refractivity contribution in [2.45, 2.75) is 76.2 Å². The number of nitro benzene ring substituents is 1. The van der Waals surface area contributed by atoms with Gasteiger partial charge in [0.15, 0.2) is 0 Å². The number of fused-ring (bicyclic) bond motifs is 3. The molecular formula is C61H63N3O9. The zero-order valence-corrected chi connectivity index (χ0v) is 41.3. The van der Waals surface area contributed by atoms with E-state index in [1.165, 1.54) is 18.2 Å². The van der Waals surface area contributed by atoms with Gasteiger partial charge in [0, 0.05) is 55.9 Å². The number of non-ortho nitro benzene ring substituents is 1. The molecule has 12 nitrogen and oxygen atoms in total. The highest BCUT2D eigenvalue weighted by Gasteiger charge is 2.65. The summed E-state index contributed by atoms with van der Waals surface area (Å²) in [4.78, 5) is 34.3. The van der Waals surface area contributed by atoms with Gasteiger partial charge in [-0.05, 0) is 132 Å². The Morgan fingerprint density at radius 1 is 0.863 bits per heavy atom. The Kier molecular flexibility index (Phi) is 16.2. The van der Waals surface area contributed by atoms with Gasteiger partial charge in [-0.3, -0.25) is 14.9 Å². The van der Waals surface area contributed by atoms with Crippen LogP contribution in [0.1, 0.15) is 74.5 Å². The zero-order chi connectivity index (χ0) is 50.7. The molecule has 1 fully saturated rings. The average molecular weight is 982 g/mol. The lowest BCUT2D eigenvalue weighted by atomic mass is 9.55. The molecule has 376 valence electrons. The van der Waals surface area contributed by atoms with E-state index in [0.29, 0.717) is 48.0 Å². The lowest BCUT2D eigenvalue weighted by molar-refractivity contribution is -0.384. The van der Waals surface area contributed by atoms with Crippen LogP contribution in [0.5, 0.6) is 17.2 Å². The van der Waals surface area contributed by atoms with E-state index in [1.807, 2.05) is 78.6 Å². The van der Waals surface area contributed by atoms with E-state index in [-0.39, 0.29) is 62.1 Å². The van der Waals surface area contributed by atoms with Crippen LogP contribution in [0.3, 0.4) is 0 Å². The number of nitrogens with zero attached hydrogens (tertiary/aromatic N) is 3. The van der Waals surface area contributed by atoms with Gasteiger partial charge in [0.1, 0.15) is 29.9 Å². The summed E-state index contributed by atoms with van der Waals surface area (Å²) >= 11 is 0. The Balaban J connectivity index is 1.22. The summed E-state index contributed by atoms with van der Waals surface area (Å²) < 4.78 is 21.5. The molecule has 6 aromatic carbocycles. The molecule has 0 unspecified atom stereocenters. The Morgan fingerprint density at radius 2 is 1.58 bits per heavy atom. The molecule has 73 heavy (non-hydrogen) atoms. The molecular weight excluding hydrogens is 919 g/mol. The molecule has 1 amide bonds. The number of rotatable bonds is 22. The number of aliphatic hydroxyl groups excluding tert-OH is 2. The number of ether oxygens (including phenoxy) is 3. The number of oxime groups is 1. The van der Waals surface area contributed by atoms with E-state index in [2.05, 4.69) is 61.2 Å². The van der Waals surface area contributed by atoms with Gasteiger partial charge < -0.3 is 34.2 Å². The number of aliphatic hydroxyl groups is 2. The minimum atomic E-state index is -1.51. The van der Waals surface area contributed by atoms with Crippen molar-refractivity contribution in [2.75, 3.05) is 26.4 Å². The summed E-state index contributed by atoms with van der Waals surface area (Å²) in [6, 6.07) is 43.7. The third kappa shape index (κ3) is 11.0. The van der Waals surface area contributed by atoms with E-state index in [0.717, 1.165) is 64.3 Å². The van der Waals surface area contributed by atoms with E-state index in [4.69, 9.17) is 24.2 Å². The average Bonchev–Trinajstić information content (AvgIpc) is 3.42. The number of carbonyl (C=O) groups excluding carboxylic acids is 1. The monoisotopic (exact) mass is 981 g/mol. The van der Waals surface area contributed by atoms with Crippen LogP contribution < -0.4 is 9.47 Å².